The van der Waals surface area contributed by atoms with Gasteiger partial charge in [0.1, 0.15) is 23.1 Å². The van der Waals surface area contributed by atoms with Gasteiger partial charge in [-0.3, -0.25) is 14.4 Å². The molecule has 2 aliphatic heterocycles. The molecule has 4 rings (SSSR count). The number of phenolic OH excluding ortho intramolecular Hbond substituents is 1. The Labute approximate surface area is 253 Å². The quantitative estimate of drug-likeness (QED) is 0.0698. The number of carbonyl (C=O) groups is 4. The van der Waals surface area contributed by atoms with Crippen molar-refractivity contribution in [1.82, 2.24) is 10.6 Å². The lowest BCUT2D eigenvalue weighted by molar-refractivity contribution is -0.141. The minimum absolute atomic E-state index is 0.0535. The van der Waals surface area contributed by atoms with Crippen molar-refractivity contribution in [2.24, 2.45) is 0 Å². The van der Waals surface area contributed by atoms with E-state index in [1.807, 2.05) is 0 Å². The van der Waals surface area contributed by atoms with E-state index in [1.54, 1.807) is 30.4 Å². The van der Waals surface area contributed by atoms with Crippen LogP contribution in [0.3, 0.4) is 0 Å². The molecule has 1 aromatic rings. The van der Waals surface area contributed by atoms with E-state index in [0.717, 1.165) is 6.42 Å². The van der Waals surface area contributed by atoms with E-state index in [1.165, 1.54) is 24.3 Å². The lowest BCUT2D eigenvalue weighted by Gasteiger charge is -2.17. The van der Waals surface area contributed by atoms with Crippen LogP contribution in [-0.2, 0) is 23.9 Å². The Morgan fingerprint density at radius 3 is 2.59 bits per heavy atom. The third-order valence-electron chi connectivity index (χ3n) is 7.14. The zero-order valence-corrected chi connectivity index (χ0v) is 24.1. The minimum atomic E-state index is -1.23. The van der Waals surface area contributed by atoms with Crippen LogP contribution in [0.4, 0.5) is 0 Å². The highest BCUT2D eigenvalue weighted by molar-refractivity contribution is 6.11. The molecule has 0 unspecified atom stereocenters. The molecule has 11 nitrogen and oxygen atoms in total. The summed E-state index contributed by atoms with van der Waals surface area (Å²) in [7, 11) is 0. The molecule has 1 aliphatic carbocycles. The molecule has 11 heteroatoms. The number of allylic oxidation sites excluding steroid dienone is 3. The highest BCUT2D eigenvalue weighted by Gasteiger charge is 2.27. The number of benzene rings is 2. The summed E-state index contributed by atoms with van der Waals surface area (Å²) in [5.74, 6) is -1.77. The zero-order valence-electron chi connectivity index (χ0n) is 24.1. The molecule has 1 aromatic carbocycles. The summed E-state index contributed by atoms with van der Waals surface area (Å²) in [5, 5.41) is 25.8. The number of aromatic hydroxyl groups is 1. The average Bonchev–Trinajstić information content (AvgIpc) is 3.38. The first-order valence-corrected chi connectivity index (χ1v) is 14.4. The van der Waals surface area contributed by atoms with E-state index >= 15 is 0 Å². The number of rotatable bonds is 14. The second kappa shape index (κ2) is 14.8. The standard InChI is InChI=1S/C33H34N2O9/c1-20(32(40)41)23(31-24-13-11-21(36)18-27(24)44-28-19-22(37)12-14-25(28)31)8-4-2-5-9-29(38)34-16-7-3-6-10-30(39)35-26-15-17-43-33(26)42/h2,4,8,11-14,18-19,26,36H,1,3,5-7,9-10,15-17H2,(H,34,38)(H,35,39)(H,40,41)/b4-2-,23-8+/t26-/m0/s1. The van der Waals surface area contributed by atoms with Crippen LogP contribution in [0.5, 0.6) is 5.75 Å². The molecule has 0 spiro atoms. The first-order valence-electron chi connectivity index (χ1n) is 14.4. The number of carbonyl (C=O) groups excluding carboxylic acids is 3. The van der Waals surface area contributed by atoms with Crippen molar-refractivity contribution in [3.63, 3.8) is 0 Å². The number of cyclic esters (lactones) is 1. The van der Waals surface area contributed by atoms with E-state index in [9.17, 15) is 34.2 Å². The van der Waals surface area contributed by atoms with Gasteiger partial charge in [0.2, 0.25) is 11.8 Å². The van der Waals surface area contributed by atoms with Crippen molar-refractivity contribution in [3.8, 4) is 17.1 Å². The van der Waals surface area contributed by atoms with Crippen LogP contribution >= 0.6 is 0 Å². The van der Waals surface area contributed by atoms with Gasteiger partial charge in [0.15, 0.2) is 5.43 Å². The Hall–Kier alpha value is -5.19. The number of carboxylic acids is 1. The third kappa shape index (κ3) is 8.21. The molecule has 0 saturated carbocycles. The topological polar surface area (TPSA) is 172 Å². The number of hydrogen-bond donors (Lipinski definition) is 4. The van der Waals surface area contributed by atoms with Gasteiger partial charge in [0.05, 0.1) is 12.2 Å². The molecule has 1 fully saturated rings. The molecule has 0 radical (unpaired) electrons. The van der Waals surface area contributed by atoms with Gasteiger partial charge in [0, 0.05) is 54.5 Å². The Balaban J connectivity index is 1.32. The number of unbranched alkanes of at least 4 members (excludes halogenated alkanes) is 2. The number of aliphatic carboxylic acids is 1. The van der Waals surface area contributed by atoms with Gasteiger partial charge in [-0.2, -0.15) is 0 Å². The fraction of sp³-hybridized carbons (Fsp3) is 0.303. The number of carboxylic acid groups (broad SMARTS) is 1. The van der Waals surface area contributed by atoms with Crippen molar-refractivity contribution < 1.29 is 38.5 Å². The first kappa shape index (κ1) is 31.7. The van der Waals surface area contributed by atoms with Gasteiger partial charge in [-0.1, -0.05) is 31.2 Å². The molecule has 44 heavy (non-hydrogen) atoms. The van der Waals surface area contributed by atoms with Crippen molar-refractivity contribution in [2.45, 2.75) is 51.0 Å². The maximum absolute atomic E-state index is 12.3. The van der Waals surface area contributed by atoms with Gasteiger partial charge < -0.3 is 30.0 Å². The molecular formula is C33H34N2O9. The summed E-state index contributed by atoms with van der Waals surface area (Å²) in [4.78, 5) is 59.6. The van der Waals surface area contributed by atoms with Gasteiger partial charge >= 0.3 is 11.9 Å². The molecule has 4 N–H and O–H groups in total. The number of esters is 1. The van der Waals surface area contributed by atoms with Crippen LogP contribution in [-0.4, -0.2) is 53.2 Å². The smallest absolute Gasteiger partial charge is 0.335 e. The SMILES string of the molecule is C=C(C(=O)O)/C(=C\C=C/CCC(=O)NCCCCCC(=O)N[C@H]1CCOC1=O)c1c2ccc(=O)cc-2oc2cc(O)ccc12. The molecule has 1 saturated heterocycles. The maximum Gasteiger partial charge on any atom is 0.335 e. The van der Waals surface area contributed by atoms with Crippen LogP contribution in [0.1, 0.15) is 50.5 Å². The summed E-state index contributed by atoms with van der Waals surface area (Å²) >= 11 is 0. The molecule has 0 bridgehead atoms. The highest BCUT2D eigenvalue weighted by atomic mass is 16.5. The number of hydrogen-bond acceptors (Lipinski definition) is 8. The summed E-state index contributed by atoms with van der Waals surface area (Å²) in [6.45, 7) is 4.55. The summed E-state index contributed by atoms with van der Waals surface area (Å²) in [6, 6.07) is 8.11. The van der Waals surface area contributed by atoms with Crippen molar-refractivity contribution >= 4 is 40.3 Å². The number of amides is 2. The molecule has 1 atom stereocenters. The van der Waals surface area contributed by atoms with E-state index in [4.69, 9.17) is 9.15 Å². The monoisotopic (exact) mass is 602 g/mol. The summed E-state index contributed by atoms with van der Waals surface area (Å²) < 4.78 is 10.7. The van der Waals surface area contributed by atoms with Gasteiger partial charge in [0.25, 0.3) is 0 Å². The second-order valence-electron chi connectivity index (χ2n) is 10.4. The molecule has 2 heterocycles. The predicted molar refractivity (Wildman–Crippen MR) is 163 cm³/mol. The number of ether oxygens (including phenoxy) is 1. The molecule has 3 aliphatic rings. The van der Waals surface area contributed by atoms with Crippen LogP contribution < -0.4 is 16.1 Å². The summed E-state index contributed by atoms with van der Waals surface area (Å²) in [6.07, 6.45) is 8.50. The van der Waals surface area contributed by atoms with Crippen LogP contribution in [0.15, 0.2) is 76.0 Å². The van der Waals surface area contributed by atoms with E-state index in [0.29, 0.717) is 61.8 Å². The summed E-state index contributed by atoms with van der Waals surface area (Å²) in [5.41, 5.74) is 1.06. The van der Waals surface area contributed by atoms with E-state index in [-0.39, 0.29) is 51.9 Å². The number of nitrogens with one attached hydrogen (secondary N) is 2. The normalized spacial score (nSPS) is 15.0. The predicted octanol–water partition coefficient (Wildman–Crippen LogP) is 4.07. The molecule has 2 amide bonds. The minimum Gasteiger partial charge on any atom is -0.508 e. The fourth-order valence-corrected chi connectivity index (χ4v) is 4.87. The van der Waals surface area contributed by atoms with Gasteiger partial charge in [-0.05, 0) is 49.1 Å². The Bertz CT molecular complexity index is 1670. The highest BCUT2D eigenvalue weighted by Crippen LogP contribution is 2.40. The van der Waals surface area contributed by atoms with Crippen LogP contribution in [0.25, 0.3) is 27.9 Å². The number of fused-ring (bicyclic) bond motifs is 2. The Morgan fingerprint density at radius 2 is 1.84 bits per heavy atom. The molecule has 0 aromatic heterocycles. The molecular weight excluding hydrogens is 568 g/mol. The van der Waals surface area contributed by atoms with Gasteiger partial charge in [-0.15, -0.1) is 0 Å². The van der Waals surface area contributed by atoms with E-state index in [2.05, 4.69) is 17.2 Å². The van der Waals surface area contributed by atoms with Crippen molar-refractivity contribution in [1.29, 1.82) is 0 Å². The lowest BCUT2D eigenvalue weighted by Crippen LogP contribution is -2.37. The molecule has 230 valence electrons. The zero-order chi connectivity index (χ0) is 31.6. The Morgan fingerprint density at radius 1 is 1.02 bits per heavy atom. The average molecular weight is 603 g/mol. The number of phenols is 1. The van der Waals surface area contributed by atoms with Gasteiger partial charge in [-0.25, -0.2) is 9.59 Å². The fourth-order valence-electron chi connectivity index (χ4n) is 4.87. The lowest BCUT2D eigenvalue weighted by atomic mass is 9.89. The van der Waals surface area contributed by atoms with Crippen LogP contribution in [0.2, 0.25) is 0 Å². The second-order valence-corrected chi connectivity index (χ2v) is 10.4. The van der Waals surface area contributed by atoms with Crippen molar-refractivity contribution in [2.75, 3.05) is 13.2 Å². The Kier molecular flexibility index (Phi) is 10.7. The van der Waals surface area contributed by atoms with Crippen LogP contribution in [0, 0.1) is 0 Å². The van der Waals surface area contributed by atoms with E-state index < -0.39 is 18.0 Å². The van der Waals surface area contributed by atoms with Crippen molar-refractivity contribution in [3.05, 3.63) is 82.6 Å². The largest absolute Gasteiger partial charge is 0.508 e. The third-order valence-corrected chi connectivity index (χ3v) is 7.14. The first-order chi connectivity index (χ1) is 21.1. The maximum atomic E-state index is 12.3.